The van der Waals surface area contributed by atoms with Gasteiger partial charge in [0.2, 0.25) is 0 Å². The summed E-state index contributed by atoms with van der Waals surface area (Å²) in [4.78, 5) is 38.3. The van der Waals surface area contributed by atoms with Crippen molar-refractivity contribution in [1.82, 2.24) is 0 Å². The lowest BCUT2D eigenvalue weighted by atomic mass is 10.1. The highest BCUT2D eigenvalue weighted by atomic mass is 16.6. The highest BCUT2D eigenvalue weighted by Crippen LogP contribution is 2.12. The minimum absolute atomic E-state index is 0.123. The number of ether oxygens (including phenoxy) is 3. The van der Waals surface area contributed by atoms with Crippen molar-refractivity contribution in [3.8, 4) is 0 Å². The number of carbonyl (C=O) groups excluding carboxylic acids is 3. The summed E-state index contributed by atoms with van der Waals surface area (Å²) in [5.41, 5.74) is 0. The zero-order valence-electron chi connectivity index (χ0n) is 48.9. The molecule has 0 aliphatic rings. The average molecular weight is 1060 g/mol. The Kier molecular flexibility index (Phi) is 58.6. The first-order valence-electron chi connectivity index (χ1n) is 30.3. The van der Waals surface area contributed by atoms with Gasteiger partial charge in [0.25, 0.3) is 0 Å². The number of unbranched alkanes of at least 4 members (excludes halogenated alkanes) is 11. The Morgan fingerprint density at radius 2 is 0.468 bits per heavy atom. The first-order chi connectivity index (χ1) is 38.0. The van der Waals surface area contributed by atoms with Crippen molar-refractivity contribution >= 4 is 17.9 Å². The standard InChI is InChI=1S/C71H108O6/c1-4-7-10-13-16-19-22-25-28-30-32-34-35-37-38-40-43-46-49-52-55-58-61-64-70(73)76-67-68(66-75-69(72)63-60-57-54-51-48-45-42-27-24-21-18-15-12-9-6-3)77-71(74)65-62-59-56-53-50-47-44-41-39-36-33-31-29-26-23-20-17-14-11-8-5-2/h7-12,16-21,25-29,32-34,36-38,41-44,46,50,53,68H,4-6,13-15,22-24,30-31,35,39-40,45,47-49,51-52,54-67H2,1-3H3/b10-7-,11-8-,12-9-,19-16-,20-17-,21-18-,28-25-,29-26-,34-32-,36-33-,38-37-,42-27-,44-41-,46-43-,53-50-. The van der Waals surface area contributed by atoms with Crippen LogP contribution in [0.15, 0.2) is 182 Å². The fourth-order valence-corrected chi connectivity index (χ4v) is 7.46. The molecule has 0 bridgehead atoms. The third kappa shape index (κ3) is 61.2. The number of hydrogen-bond acceptors (Lipinski definition) is 6. The van der Waals surface area contributed by atoms with Crippen LogP contribution in [0.25, 0.3) is 0 Å². The molecule has 0 aliphatic carbocycles. The van der Waals surface area contributed by atoms with Crippen molar-refractivity contribution in [2.75, 3.05) is 13.2 Å². The number of carbonyl (C=O) groups is 3. The second-order valence-electron chi connectivity index (χ2n) is 19.1. The summed E-state index contributed by atoms with van der Waals surface area (Å²) in [6.45, 7) is 6.21. The van der Waals surface area contributed by atoms with Crippen LogP contribution in [-0.4, -0.2) is 37.2 Å². The Hall–Kier alpha value is -5.49. The molecule has 0 fully saturated rings. The first kappa shape index (κ1) is 71.5. The predicted molar refractivity (Wildman–Crippen MR) is 334 cm³/mol. The lowest BCUT2D eigenvalue weighted by Gasteiger charge is -2.18. The van der Waals surface area contributed by atoms with Crippen LogP contribution >= 0.6 is 0 Å². The summed E-state index contributed by atoms with van der Waals surface area (Å²) in [7, 11) is 0. The molecule has 77 heavy (non-hydrogen) atoms. The van der Waals surface area contributed by atoms with E-state index in [1.54, 1.807) is 0 Å². The van der Waals surface area contributed by atoms with E-state index in [2.05, 4.69) is 203 Å². The molecule has 1 atom stereocenters. The van der Waals surface area contributed by atoms with Crippen molar-refractivity contribution in [2.45, 2.75) is 232 Å². The fourth-order valence-electron chi connectivity index (χ4n) is 7.46. The molecule has 0 amide bonds. The zero-order chi connectivity index (χ0) is 55.7. The lowest BCUT2D eigenvalue weighted by molar-refractivity contribution is -0.167. The van der Waals surface area contributed by atoms with Gasteiger partial charge < -0.3 is 14.2 Å². The van der Waals surface area contributed by atoms with E-state index >= 15 is 0 Å². The molecule has 0 aromatic rings. The van der Waals surface area contributed by atoms with Crippen molar-refractivity contribution in [3.05, 3.63) is 182 Å². The SMILES string of the molecule is CC/C=C\C/C=C\C/C=C\C/C=C\C/C=C\C/C=C\CCCCCCC(=O)OCC(COC(=O)CCCCCCC/C=C\C/C=C\C/C=C\CC)OC(=O)CCCC/C=C\C/C=C\C/C=C\C/C=C\C/C=C\C/C=C\CC. The van der Waals surface area contributed by atoms with Crippen LogP contribution < -0.4 is 0 Å². The quantitative estimate of drug-likeness (QED) is 0.0261. The second-order valence-corrected chi connectivity index (χ2v) is 19.1. The van der Waals surface area contributed by atoms with Crippen LogP contribution in [0.3, 0.4) is 0 Å². The van der Waals surface area contributed by atoms with Crippen LogP contribution in [0.2, 0.25) is 0 Å². The monoisotopic (exact) mass is 1060 g/mol. The average Bonchev–Trinajstić information content (AvgIpc) is 3.43. The van der Waals surface area contributed by atoms with Gasteiger partial charge >= 0.3 is 17.9 Å². The molecular weight excluding hydrogens is 949 g/mol. The van der Waals surface area contributed by atoms with Gasteiger partial charge in [-0.05, 0) is 154 Å². The lowest BCUT2D eigenvalue weighted by Crippen LogP contribution is -2.30. The predicted octanol–water partition coefficient (Wildman–Crippen LogP) is 20.9. The van der Waals surface area contributed by atoms with Crippen molar-refractivity contribution in [3.63, 3.8) is 0 Å². The summed E-state index contributed by atoms with van der Waals surface area (Å²) >= 11 is 0. The van der Waals surface area contributed by atoms with E-state index in [4.69, 9.17) is 14.2 Å². The van der Waals surface area contributed by atoms with E-state index in [1.165, 1.54) is 0 Å². The Morgan fingerprint density at radius 1 is 0.260 bits per heavy atom. The molecule has 0 saturated carbocycles. The van der Waals surface area contributed by atoms with Crippen LogP contribution in [0.5, 0.6) is 0 Å². The summed E-state index contributed by atoms with van der Waals surface area (Å²) in [6.07, 6.45) is 94.5. The molecule has 6 nitrogen and oxygen atoms in total. The van der Waals surface area contributed by atoms with Crippen molar-refractivity contribution in [2.24, 2.45) is 0 Å². The minimum Gasteiger partial charge on any atom is -0.462 e. The van der Waals surface area contributed by atoms with E-state index in [0.29, 0.717) is 19.3 Å². The van der Waals surface area contributed by atoms with Gasteiger partial charge in [-0.3, -0.25) is 14.4 Å². The van der Waals surface area contributed by atoms with Crippen LogP contribution in [0.4, 0.5) is 0 Å². The van der Waals surface area contributed by atoms with Gasteiger partial charge in [-0.25, -0.2) is 0 Å². The molecule has 0 spiro atoms. The summed E-state index contributed by atoms with van der Waals surface area (Å²) in [6, 6.07) is 0. The number of rotatable bonds is 52. The first-order valence-corrected chi connectivity index (χ1v) is 30.3. The fraction of sp³-hybridized carbons (Fsp3) is 0.535. The molecule has 0 saturated heterocycles. The summed E-state index contributed by atoms with van der Waals surface area (Å²) in [5.74, 6) is -1.02. The Morgan fingerprint density at radius 3 is 0.753 bits per heavy atom. The molecule has 0 aromatic heterocycles. The normalized spacial score (nSPS) is 13.4. The maximum Gasteiger partial charge on any atom is 0.306 e. The van der Waals surface area contributed by atoms with E-state index in [9.17, 15) is 14.4 Å². The summed E-state index contributed by atoms with van der Waals surface area (Å²) < 4.78 is 16.8. The molecule has 6 heteroatoms. The number of esters is 3. The molecule has 0 N–H and O–H groups in total. The highest BCUT2D eigenvalue weighted by molar-refractivity contribution is 5.71. The topological polar surface area (TPSA) is 78.9 Å². The zero-order valence-corrected chi connectivity index (χ0v) is 48.9. The van der Waals surface area contributed by atoms with Gasteiger partial charge in [0.1, 0.15) is 13.2 Å². The molecule has 0 rings (SSSR count). The maximum absolute atomic E-state index is 12.9. The number of hydrogen-bond donors (Lipinski definition) is 0. The second kappa shape index (κ2) is 63.0. The maximum atomic E-state index is 12.9. The molecule has 0 radical (unpaired) electrons. The molecule has 0 heterocycles. The Labute approximate surface area is 472 Å². The Bertz CT molecular complexity index is 1840. The Balaban J connectivity index is 4.58. The van der Waals surface area contributed by atoms with Crippen molar-refractivity contribution < 1.29 is 28.6 Å². The minimum atomic E-state index is -0.832. The van der Waals surface area contributed by atoms with Crippen molar-refractivity contribution in [1.29, 1.82) is 0 Å². The van der Waals surface area contributed by atoms with Crippen LogP contribution in [0, 0.1) is 0 Å². The number of allylic oxidation sites excluding steroid dienone is 30. The molecule has 1 unspecified atom stereocenters. The van der Waals surface area contributed by atoms with Gasteiger partial charge in [0, 0.05) is 19.3 Å². The summed E-state index contributed by atoms with van der Waals surface area (Å²) in [5, 5.41) is 0. The van der Waals surface area contributed by atoms with E-state index in [0.717, 1.165) is 180 Å². The van der Waals surface area contributed by atoms with Gasteiger partial charge in [-0.2, -0.15) is 0 Å². The molecule has 428 valence electrons. The third-order valence-electron chi connectivity index (χ3n) is 11.9. The van der Waals surface area contributed by atoms with Crippen LogP contribution in [-0.2, 0) is 28.6 Å². The third-order valence-corrected chi connectivity index (χ3v) is 11.9. The van der Waals surface area contributed by atoms with Crippen LogP contribution in [0.1, 0.15) is 226 Å². The van der Waals surface area contributed by atoms with E-state index < -0.39 is 6.10 Å². The van der Waals surface area contributed by atoms with Gasteiger partial charge in [-0.1, -0.05) is 235 Å². The van der Waals surface area contributed by atoms with Gasteiger partial charge in [0.05, 0.1) is 0 Å². The molecular formula is C71H108O6. The van der Waals surface area contributed by atoms with E-state index in [1.807, 2.05) is 0 Å². The largest absolute Gasteiger partial charge is 0.462 e. The molecule has 0 aromatic carbocycles. The van der Waals surface area contributed by atoms with Gasteiger partial charge in [-0.15, -0.1) is 0 Å². The van der Waals surface area contributed by atoms with E-state index in [-0.39, 0.29) is 37.5 Å². The smallest absolute Gasteiger partial charge is 0.306 e. The highest BCUT2D eigenvalue weighted by Gasteiger charge is 2.19. The molecule has 0 aliphatic heterocycles. The van der Waals surface area contributed by atoms with Gasteiger partial charge in [0.15, 0.2) is 6.10 Å².